The summed E-state index contributed by atoms with van der Waals surface area (Å²) in [6.45, 7) is 2.81. The van der Waals surface area contributed by atoms with Crippen LogP contribution in [0.3, 0.4) is 0 Å². The van der Waals surface area contributed by atoms with Gasteiger partial charge in [-0.05, 0) is 25.0 Å². The third-order valence-corrected chi connectivity index (χ3v) is 4.61. The van der Waals surface area contributed by atoms with Crippen LogP contribution in [0.4, 0.5) is 4.79 Å². The number of carboxylic acids is 1. The number of hydrogen-bond acceptors (Lipinski definition) is 6. The average molecular weight is 431 g/mol. The van der Waals surface area contributed by atoms with Crippen LogP contribution in [0.15, 0.2) is 35.3 Å². The quantitative estimate of drug-likeness (QED) is 0.457. The Morgan fingerprint density at radius 3 is 2.39 bits per heavy atom. The van der Waals surface area contributed by atoms with Crippen molar-refractivity contribution in [2.45, 2.75) is 31.8 Å². The Morgan fingerprint density at radius 2 is 1.87 bits per heavy atom. The third kappa shape index (κ3) is 5.59. The van der Waals surface area contributed by atoms with Crippen LogP contribution in [0.2, 0.25) is 0 Å². The Balaban J connectivity index is 2.24. The van der Waals surface area contributed by atoms with E-state index in [-0.39, 0.29) is 12.0 Å². The zero-order valence-corrected chi connectivity index (χ0v) is 17.6. The number of rotatable bonds is 8. The second-order valence-corrected chi connectivity index (χ2v) is 7.40. The molecule has 11 nitrogen and oxygen atoms in total. The summed E-state index contributed by atoms with van der Waals surface area (Å²) < 4.78 is 6.41. The lowest BCUT2D eigenvalue weighted by molar-refractivity contribution is -0.142. The molecule has 0 fully saturated rings. The number of hydrogen-bond donors (Lipinski definition) is 4. The molecule has 0 saturated carbocycles. The van der Waals surface area contributed by atoms with Crippen molar-refractivity contribution in [3.05, 3.63) is 46.4 Å². The summed E-state index contributed by atoms with van der Waals surface area (Å²) in [6, 6.07) is 4.49. The Morgan fingerprint density at radius 1 is 1.26 bits per heavy atom. The fourth-order valence-electron chi connectivity index (χ4n) is 2.89. The normalized spacial score (nSPS) is 12.0. The molecular weight excluding hydrogens is 406 g/mol. The Bertz CT molecular complexity index is 1050. The second-order valence-electron chi connectivity index (χ2n) is 7.40. The van der Waals surface area contributed by atoms with Gasteiger partial charge in [-0.2, -0.15) is 5.10 Å². The van der Waals surface area contributed by atoms with Crippen molar-refractivity contribution in [2.24, 2.45) is 12.8 Å². The Hall–Kier alpha value is -3.89. The molecule has 166 valence electrons. The van der Waals surface area contributed by atoms with Gasteiger partial charge in [0.1, 0.15) is 11.6 Å². The molecule has 0 aliphatic rings. The maximum absolute atomic E-state index is 12.4. The first-order valence-corrected chi connectivity index (χ1v) is 9.27. The molecule has 11 heteroatoms. The molecule has 0 bridgehead atoms. The van der Waals surface area contributed by atoms with E-state index in [1.807, 2.05) is 0 Å². The lowest BCUT2D eigenvalue weighted by Crippen LogP contribution is -2.59. The van der Waals surface area contributed by atoms with Crippen LogP contribution in [0, 0.1) is 0 Å². The van der Waals surface area contributed by atoms with Gasteiger partial charge < -0.3 is 26.2 Å². The van der Waals surface area contributed by atoms with Crippen LogP contribution < -0.4 is 26.7 Å². The van der Waals surface area contributed by atoms with Gasteiger partial charge in [0.15, 0.2) is 5.75 Å². The molecular formula is C20H25N5O6. The minimum Gasteiger partial charge on any atom is -0.494 e. The number of aromatic nitrogens is 2. The summed E-state index contributed by atoms with van der Waals surface area (Å²) >= 11 is 0. The van der Waals surface area contributed by atoms with Gasteiger partial charge in [0.05, 0.1) is 18.9 Å². The van der Waals surface area contributed by atoms with E-state index in [1.165, 1.54) is 38.9 Å². The largest absolute Gasteiger partial charge is 0.494 e. The monoisotopic (exact) mass is 431 g/mol. The van der Waals surface area contributed by atoms with Gasteiger partial charge in [0, 0.05) is 13.5 Å². The fourth-order valence-corrected chi connectivity index (χ4v) is 2.89. The highest BCUT2D eigenvalue weighted by atomic mass is 16.5. The lowest BCUT2D eigenvalue weighted by atomic mass is 9.99. The number of nitrogens with two attached hydrogens (primary N) is 1. The standard InChI is InChI=1S/C20H25N5O6/c1-20(2,24-19(21)30)18(29)23-13(17(27)28)9-11-5-7-12(8-6-11)15-14(31-4)10-22-25(3)16(15)26/h5-8,10,13H,9H2,1-4H3,(H,23,29)(H,27,28)(H3,21,24,30)/t13-/m0/s1. The van der Waals surface area contributed by atoms with Crippen molar-refractivity contribution >= 4 is 17.9 Å². The molecule has 0 aliphatic heterocycles. The van der Waals surface area contributed by atoms with Crippen LogP contribution in [0.5, 0.6) is 5.75 Å². The van der Waals surface area contributed by atoms with E-state index in [9.17, 15) is 24.3 Å². The Kier molecular flexibility index (Phi) is 7.00. The number of benzene rings is 1. The molecule has 31 heavy (non-hydrogen) atoms. The van der Waals surface area contributed by atoms with Crippen LogP contribution in [-0.4, -0.2) is 51.5 Å². The van der Waals surface area contributed by atoms with Crippen molar-refractivity contribution < 1.29 is 24.2 Å². The molecule has 1 aromatic heterocycles. The Labute approximate surface area is 178 Å². The average Bonchev–Trinajstić information content (AvgIpc) is 2.69. The number of amides is 3. The molecule has 1 heterocycles. The van der Waals surface area contributed by atoms with E-state index in [0.717, 1.165) is 0 Å². The number of urea groups is 1. The summed E-state index contributed by atoms with van der Waals surface area (Å²) in [6.07, 6.45) is 1.42. The van der Waals surface area contributed by atoms with Crippen molar-refractivity contribution in [1.29, 1.82) is 0 Å². The van der Waals surface area contributed by atoms with E-state index in [0.29, 0.717) is 22.4 Å². The van der Waals surface area contributed by atoms with E-state index >= 15 is 0 Å². The van der Waals surface area contributed by atoms with E-state index in [1.54, 1.807) is 24.3 Å². The first-order valence-electron chi connectivity index (χ1n) is 9.27. The zero-order valence-electron chi connectivity index (χ0n) is 17.6. The predicted molar refractivity (Wildman–Crippen MR) is 112 cm³/mol. The topological polar surface area (TPSA) is 166 Å². The maximum atomic E-state index is 12.4. The van der Waals surface area contributed by atoms with Crippen molar-refractivity contribution in [3.8, 4) is 16.9 Å². The van der Waals surface area contributed by atoms with E-state index in [4.69, 9.17) is 10.5 Å². The molecule has 2 aromatic rings. The molecule has 1 atom stereocenters. The predicted octanol–water partition coefficient (Wildman–Crippen LogP) is 0.0147. The molecule has 3 amide bonds. The van der Waals surface area contributed by atoms with E-state index < -0.39 is 29.5 Å². The first-order chi connectivity index (χ1) is 14.5. The van der Waals surface area contributed by atoms with Gasteiger partial charge in [-0.25, -0.2) is 14.3 Å². The second kappa shape index (κ2) is 9.28. The molecule has 1 aromatic carbocycles. The minimum atomic E-state index is -1.39. The maximum Gasteiger partial charge on any atom is 0.326 e. The van der Waals surface area contributed by atoms with Gasteiger partial charge in [0.2, 0.25) is 5.91 Å². The van der Waals surface area contributed by atoms with Crippen LogP contribution in [-0.2, 0) is 23.1 Å². The number of aliphatic carboxylic acids is 1. The number of carbonyl (C=O) groups excluding carboxylic acids is 2. The highest BCUT2D eigenvalue weighted by Crippen LogP contribution is 2.25. The molecule has 0 aliphatic carbocycles. The smallest absolute Gasteiger partial charge is 0.326 e. The number of primary amides is 1. The SMILES string of the molecule is COc1cnn(C)c(=O)c1-c1ccc(C[C@H](NC(=O)C(C)(C)NC(N)=O)C(=O)O)cc1. The number of aryl methyl sites for hydroxylation is 1. The summed E-state index contributed by atoms with van der Waals surface area (Å²) in [4.78, 5) is 47.5. The highest BCUT2D eigenvalue weighted by Gasteiger charge is 2.32. The highest BCUT2D eigenvalue weighted by molar-refractivity contribution is 5.92. The van der Waals surface area contributed by atoms with E-state index in [2.05, 4.69) is 15.7 Å². The number of nitrogens with zero attached hydrogens (tertiary/aromatic N) is 2. The van der Waals surface area contributed by atoms with Crippen molar-refractivity contribution in [1.82, 2.24) is 20.4 Å². The van der Waals surface area contributed by atoms with Gasteiger partial charge in [0.25, 0.3) is 5.56 Å². The molecule has 0 radical (unpaired) electrons. The number of carboxylic acid groups (broad SMARTS) is 1. The molecule has 0 spiro atoms. The summed E-state index contributed by atoms with van der Waals surface area (Å²) in [5.41, 5.74) is 4.84. The first kappa shape index (κ1) is 23.4. The number of ether oxygens (including phenoxy) is 1. The number of methoxy groups -OCH3 is 1. The third-order valence-electron chi connectivity index (χ3n) is 4.61. The number of carbonyl (C=O) groups is 3. The minimum absolute atomic E-state index is 0.0144. The molecule has 2 rings (SSSR count). The van der Waals surface area contributed by atoms with Crippen LogP contribution >= 0.6 is 0 Å². The lowest BCUT2D eigenvalue weighted by Gasteiger charge is -2.26. The van der Waals surface area contributed by atoms with Gasteiger partial charge in [-0.3, -0.25) is 9.59 Å². The van der Waals surface area contributed by atoms with Gasteiger partial charge >= 0.3 is 12.0 Å². The van der Waals surface area contributed by atoms with Crippen molar-refractivity contribution in [2.75, 3.05) is 7.11 Å². The molecule has 5 N–H and O–H groups in total. The van der Waals surface area contributed by atoms with Crippen molar-refractivity contribution in [3.63, 3.8) is 0 Å². The molecule has 0 unspecified atom stereocenters. The summed E-state index contributed by atoms with van der Waals surface area (Å²) in [5.74, 6) is -1.62. The molecule has 0 saturated heterocycles. The number of nitrogens with one attached hydrogen (secondary N) is 2. The van der Waals surface area contributed by atoms with Gasteiger partial charge in [-0.1, -0.05) is 24.3 Å². The fraction of sp³-hybridized carbons (Fsp3) is 0.350. The van der Waals surface area contributed by atoms with Crippen LogP contribution in [0.25, 0.3) is 11.1 Å². The van der Waals surface area contributed by atoms with Gasteiger partial charge in [-0.15, -0.1) is 0 Å². The summed E-state index contributed by atoms with van der Waals surface area (Å²) in [7, 11) is 2.96. The summed E-state index contributed by atoms with van der Waals surface area (Å²) in [5, 5.41) is 18.1. The zero-order chi connectivity index (χ0) is 23.3. The van der Waals surface area contributed by atoms with Crippen LogP contribution in [0.1, 0.15) is 19.4 Å².